The van der Waals surface area contributed by atoms with Crippen LogP contribution < -0.4 is 11.1 Å². The number of nitrogens with two attached hydrogens (primary N) is 1. The van der Waals surface area contributed by atoms with Gasteiger partial charge in [0.25, 0.3) is 0 Å². The Labute approximate surface area is 124 Å². The van der Waals surface area contributed by atoms with Crippen LogP contribution in [0.1, 0.15) is 18.1 Å². The molecule has 1 aromatic heterocycles. The van der Waals surface area contributed by atoms with Gasteiger partial charge in [-0.2, -0.15) is 0 Å². The van der Waals surface area contributed by atoms with Crippen molar-refractivity contribution in [1.82, 2.24) is 9.97 Å². The maximum Gasteiger partial charge on any atom is 0.137 e. The van der Waals surface area contributed by atoms with E-state index in [-0.39, 0.29) is 0 Å². The number of hydrogen-bond acceptors (Lipinski definition) is 4. The summed E-state index contributed by atoms with van der Waals surface area (Å²) in [7, 11) is 0. The fraction of sp³-hybridized carbons (Fsp3) is 0.176. The van der Waals surface area contributed by atoms with Gasteiger partial charge >= 0.3 is 0 Å². The largest absolute Gasteiger partial charge is 0.399 e. The number of anilines is 2. The minimum atomic E-state index is 0.712. The lowest BCUT2D eigenvalue weighted by atomic mass is 10.1. The van der Waals surface area contributed by atoms with Gasteiger partial charge in [0.05, 0.1) is 5.52 Å². The lowest BCUT2D eigenvalue weighted by molar-refractivity contribution is 1.03. The molecule has 2 aromatic carbocycles. The zero-order valence-corrected chi connectivity index (χ0v) is 12.0. The molecule has 3 aromatic rings. The van der Waals surface area contributed by atoms with Gasteiger partial charge in [-0.3, -0.25) is 0 Å². The van der Waals surface area contributed by atoms with Crippen LogP contribution >= 0.6 is 0 Å². The van der Waals surface area contributed by atoms with E-state index in [1.807, 2.05) is 18.2 Å². The van der Waals surface area contributed by atoms with Crippen LogP contribution in [0, 0.1) is 0 Å². The first-order valence-corrected chi connectivity index (χ1v) is 7.09. The van der Waals surface area contributed by atoms with Gasteiger partial charge in [0, 0.05) is 17.6 Å². The molecule has 0 amide bonds. The van der Waals surface area contributed by atoms with Crippen LogP contribution in [-0.2, 0) is 13.0 Å². The van der Waals surface area contributed by atoms with Crippen molar-refractivity contribution >= 4 is 22.4 Å². The Hall–Kier alpha value is -2.62. The van der Waals surface area contributed by atoms with Crippen LogP contribution in [0.25, 0.3) is 10.9 Å². The van der Waals surface area contributed by atoms with Crippen molar-refractivity contribution in [2.45, 2.75) is 19.9 Å². The molecule has 3 N–H and O–H groups in total. The molecule has 0 bridgehead atoms. The molecule has 0 unspecified atom stereocenters. The first kappa shape index (κ1) is 13.4. The van der Waals surface area contributed by atoms with Gasteiger partial charge in [-0.1, -0.05) is 31.2 Å². The SMILES string of the molecule is CCc1ccccc1CNc1ncnc2cc(N)ccc12. The lowest BCUT2D eigenvalue weighted by Crippen LogP contribution is -2.05. The molecule has 0 aliphatic carbocycles. The molecule has 0 atom stereocenters. The average molecular weight is 278 g/mol. The highest BCUT2D eigenvalue weighted by atomic mass is 15.0. The highest BCUT2D eigenvalue weighted by Gasteiger charge is 2.05. The molecule has 0 spiro atoms. The lowest BCUT2D eigenvalue weighted by Gasteiger charge is -2.11. The third-order valence-electron chi connectivity index (χ3n) is 3.61. The van der Waals surface area contributed by atoms with Crippen molar-refractivity contribution in [2.75, 3.05) is 11.1 Å². The zero-order chi connectivity index (χ0) is 14.7. The van der Waals surface area contributed by atoms with Gasteiger partial charge in [0.1, 0.15) is 12.1 Å². The van der Waals surface area contributed by atoms with Crippen molar-refractivity contribution in [3.05, 3.63) is 59.9 Å². The Kier molecular flexibility index (Phi) is 3.69. The molecule has 4 nitrogen and oxygen atoms in total. The van der Waals surface area contributed by atoms with E-state index in [0.717, 1.165) is 29.7 Å². The molecule has 1 heterocycles. The predicted octanol–water partition coefficient (Wildman–Crippen LogP) is 3.39. The standard InChI is InChI=1S/C17H18N4/c1-2-12-5-3-4-6-13(12)10-19-17-15-8-7-14(18)9-16(15)20-11-21-17/h3-9,11H,2,10,18H2,1H3,(H,19,20,21). The fourth-order valence-corrected chi connectivity index (χ4v) is 2.47. The number of fused-ring (bicyclic) bond motifs is 1. The summed E-state index contributed by atoms with van der Waals surface area (Å²) in [6.45, 7) is 2.92. The summed E-state index contributed by atoms with van der Waals surface area (Å²) in [5.41, 5.74) is 10.0. The van der Waals surface area contributed by atoms with Crippen LogP contribution in [0.4, 0.5) is 11.5 Å². The Bertz CT molecular complexity index is 768. The molecular formula is C17H18N4. The number of aromatic nitrogens is 2. The summed E-state index contributed by atoms with van der Waals surface area (Å²) in [6, 6.07) is 14.1. The molecule has 0 fully saturated rings. The van der Waals surface area contributed by atoms with Crippen molar-refractivity contribution < 1.29 is 0 Å². The molecular weight excluding hydrogens is 260 g/mol. The summed E-state index contributed by atoms with van der Waals surface area (Å²) in [5, 5.41) is 4.39. The summed E-state index contributed by atoms with van der Waals surface area (Å²) < 4.78 is 0. The van der Waals surface area contributed by atoms with E-state index < -0.39 is 0 Å². The average Bonchev–Trinajstić information content (AvgIpc) is 2.52. The van der Waals surface area contributed by atoms with Crippen LogP contribution in [0.5, 0.6) is 0 Å². The highest BCUT2D eigenvalue weighted by Crippen LogP contribution is 2.22. The molecule has 0 saturated heterocycles. The Morgan fingerprint density at radius 2 is 1.86 bits per heavy atom. The Morgan fingerprint density at radius 1 is 1.05 bits per heavy atom. The van der Waals surface area contributed by atoms with Gasteiger partial charge in [0.15, 0.2) is 0 Å². The summed E-state index contributed by atoms with van der Waals surface area (Å²) >= 11 is 0. The number of benzene rings is 2. The number of nitrogens with one attached hydrogen (secondary N) is 1. The normalized spacial score (nSPS) is 10.7. The summed E-state index contributed by atoms with van der Waals surface area (Å²) in [4.78, 5) is 8.60. The molecule has 0 saturated carbocycles. The predicted molar refractivity (Wildman–Crippen MR) is 87.1 cm³/mol. The summed E-state index contributed by atoms with van der Waals surface area (Å²) in [5.74, 6) is 0.839. The van der Waals surface area contributed by atoms with Gasteiger partial charge < -0.3 is 11.1 Å². The minimum absolute atomic E-state index is 0.712. The van der Waals surface area contributed by atoms with Crippen LogP contribution in [0.15, 0.2) is 48.8 Å². The number of nitrogen functional groups attached to an aromatic ring is 1. The van der Waals surface area contributed by atoms with Crippen LogP contribution in [-0.4, -0.2) is 9.97 Å². The summed E-state index contributed by atoms with van der Waals surface area (Å²) in [6.07, 6.45) is 2.59. The van der Waals surface area contributed by atoms with E-state index >= 15 is 0 Å². The second-order valence-corrected chi connectivity index (χ2v) is 4.97. The van der Waals surface area contributed by atoms with E-state index in [4.69, 9.17) is 5.73 Å². The number of rotatable bonds is 4. The van der Waals surface area contributed by atoms with Gasteiger partial charge in [-0.15, -0.1) is 0 Å². The molecule has 21 heavy (non-hydrogen) atoms. The molecule has 0 aliphatic rings. The monoisotopic (exact) mass is 278 g/mol. The quantitative estimate of drug-likeness (QED) is 0.718. The Morgan fingerprint density at radius 3 is 2.67 bits per heavy atom. The minimum Gasteiger partial charge on any atom is -0.399 e. The third-order valence-corrected chi connectivity index (χ3v) is 3.61. The Balaban J connectivity index is 1.88. The first-order chi connectivity index (χ1) is 10.3. The smallest absolute Gasteiger partial charge is 0.137 e. The van der Waals surface area contributed by atoms with Crippen molar-refractivity contribution in [1.29, 1.82) is 0 Å². The van der Waals surface area contributed by atoms with Gasteiger partial charge in [0.2, 0.25) is 0 Å². The zero-order valence-electron chi connectivity index (χ0n) is 12.0. The molecule has 106 valence electrons. The molecule has 0 aliphatic heterocycles. The number of hydrogen-bond donors (Lipinski definition) is 2. The maximum atomic E-state index is 5.80. The van der Waals surface area contributed by atoms with E-state index in [1.165, 1.54) is 11.1 Å². The third kappa shape index (κ3) is 2.79. The second-order valence-electron chi connectivity index (χ2n) is 4.97. The van der Waals surface area contributed by atoms with E-state index in [2.05, 4.69) is 46.5 Å². The second kappa shape index (κ2) is 5.79. The van der Waals surface area contributed by atoms with Crippen molar-refractivity contribution in [2.24, 2.45) is 0 Å². The topological polar surface area (TPSA) is 63.8 Å². The van der Waals surface area contributed by atoms with Crippen molar-refractivity contribution in [3.8, 4) is 0 Å². The number of nitrogens with zero attached hydrogens (tertiary/aromatic N) is 2. The van der Waals surface area contributed by atoms with Crippen molar-refractivity contribution in [3.63, 3.8) is 0 Å². The molecule has 4 heteroatoms. The van der Waals surface area contributed by atoms with Gasteiger partial charge in [-0.25, -0.2) is 9.97 Å². The fourth-order valence-electron chi connectivity index (χ4n) is 2.47. The van der Waals surface area contributed by atoms with Crippen LogP contribution in [0.3, 0.4) is 0 Å². The van der Waals surface area contributed by atoms with Crippen LogP contribution in [0.2, 0.25) is 0 Å². The highest BCUT2D eigenvalue weighted by molar-refractivity contribution is 5.90. The molecule has 0 radical (unpaired) electrons. The maximum absolute atomic E-state index is 5.80. The van der Waals surface area contributed by atoms with E-state index in [1.54, 1.807) is 6.33 Å². The van der Waals surface area contributed by atoms with E-state index in [9.17, 15) is 0 Å². The number of aryl methyl sites for hydroxylation is 1. The first-order valence-electron chi connectivity index (χ1n) is 7.09. The van der Waals surface area contributed by atoms with E-state index in [0.29, 0.717) is 5.69 Å². The molecule has 3 rings (SSSR count). The van der Waals surface area contributed by atoms with Gasteiger partial charge in [-0.05, 0) is 35.7 Å².